The summed E-state index contributed by atoms with van der Waals surface area (Å²) in [6, 6.07) is 0. The van der Waals surface area contributed by atoms with Crippen LogP contribution in [-0.2, 0) is 10.0 Å². The van der Waals surface area contributed by atoms with Gasteiger partial charge in [0, 0.05) is 18.5 Å². The number of piperidine rings is 1. The molecule has 0 N–H and O–H groups in total. The molecule has 0 saturated carbocycles. The van der Waals surface area contributed by atoms with Gasteiger partial charge in [0.2, 0.25) is 10.0 Å². The van der Waals surface area contributed by atoms with Gasteiger partial charge in [0.05, 0.1) is 0 Å². The van der Waals surface area contributed by atoms with Crippen molar-refractivity contribution in [3.05, 3.63) is 12.0 Å². The van der Waals surface area contributed by atoms with Gasteiger partial charge in [0.25, 0.3) is 0 Å². The van der Waals surface area contributed by atoms with Crippen molar-refractivity contribution in [1.82, 2.24) is 4.31 Å². The maximum Gasteiger partial charge on any atom is 0.235 e. The molecule has 0 aromatic carbocycles. The topological polar surface area (TPSA) is 37.4 Å². The van der Waals surface area contributed by atoms with Crippen LogP contribution in [0.25, 0.3) is 0 Å². The Balaban J connectivity index is 2.66. The quantitative estimate of drug-likeness (QED) is 0.698. The van der Waals surface area contributed by atoms with E-state index in [1.165, 1.54) is 4.31 Å². The number of hydrogen-bond donors (Lipinski definition) is 0. The molecule has 1 rings (SSSR count). The van der Waals surface area contributed by atoms with Crippen LogP contribution in [0.2, 0.25) is 0 Å². The van der Waals surface area contributed by atoms with Gasteiger partial charge in [-0.25, -0.2) is 8.42 Å². The van der Waals surface area contributed by atoms with Crippen LogP contribution in [0.4, 0.5) is 0 Å². The fourth-order valence-electron chi connectivity index (χ4n) is 1.70. The molecule has 3 nitrogen and oxygen atoms in total. The second kappa shape index (κ2) is 4.24. The molecule has 1 heterocycles. The molecule has 76 valence electrons. The first-order valence-corrected chi connectivity index (χ1v) is 6.23. The number of nitrogens with zero attached hydrogens (tertiary/aromatic N) is 1. The highest BCUT2D eigenvalue weighted by Gasteiger charge is 2.25. The Morgan fingerprint density at radius 1 is 1.62 bits per heavy atom. The van der Waals surface area contributed by atoms with Crippen molar-refractivity contribution in [1.29, 1.82) is 0 Å². The predicted molar refractivity (Wildman–Crippen MR) is 53.7 cm³/mol. The van der Waals surface area contributed by atoms with E-state index in [2.05, 4.69) is 13.5 Å². The average molecular weight is 203 g/mol. The molecule has 0 bridgehead atoms. The number of rotatable bonds is 3. The lowest BCUT2D eigenvalue weighted by Gasteiger charge is -2.30. The molecule has 1 aliphatic rings. The van der Waals surface area contributed by atoms with E-state index in [0.717, 1.165) is 24.7 Å². The van der Waals surface area contributed by atoms with E-state index in [-0.39, 0.29) is 0 Å². The lowest BCUT2D eigenvalue weighted by molar-refractivity contribution is 0.263. The van der Waals surface area contributed by atoms with Gasteiger partial charge >= 0.3 is 0 Å². The first-order chi connectivity index (χ1) is 6.10. The Morgan fingerprint density at radius 3 is 2.85 bits per heavy atom. The van der Waals surface area contributed by atoms with Crippen LogP contribution in [0.1, 0.15) is 26.2 Å². The maximum atomic E-state index is 11.4. The number of hydrogen-bond acceptors (Lipinski definition) is 2. The summed E-state index contributed by atoms with van der Waals surface area (Å²) in [5.74, 6) is 0.531. The van der Waals surface area contributed by atoms with Crippen LogP contribution in [-0.4, -0.2) is 25.8 Å². The van der Waals surface area contributed by atoms with Gasteiger partial charge in [-0.3, -0.25) is 0 Å². The van der Waals surface area contributed by atoms with Crippen molar-refractivity contribution in [2.24, 2.45) is 5.92 Å². The molecular formula is C9H17NO2S. The van der Waals surface area contributed by atoms with Crippen LogP contribution in [0.3, 0.4) is 0 Å². The Hall–Kier alpha value is -0.350. The van der Waals surface area contributed by atoms with Gasteiger partial charge in [0.1, 0.15) is 0 Å². The molecule has 1 aliphatic heterocycles. The SMILES string of the molecule is C=CS(=O)(=O)N1CCCC(CC)C1. The molecular weight excluding hydrogens is 186 g/mol. The van der Waals surface area contributed by atoms with Crippen LogP contribution >= 0.6 is 0 Å². The summed E-state index contributed by atoms with van der Waals surface area (Å²) in [6.45, 7) is 6.76. The van der Waals surface area contributed by atoms with Crippen molar-refractivity contribution < 1.29 is 8.42 Å². The van der Waals surface area contributed by atoms with E-state index in [1.807, 2.05) is 0 Å². The summed E-state index contributed by atoms with van der Waals surface area (Å²) in [7, 11) is -3.17. The summed E-state index contributed by atoms with van der Waals surface area (Å²) < 4.78 is 24.4. The molecule has 0 aromatic heterocycles. The molecule has 1 fully saturated rings. The Kier molecular flexibility index (Phi) is 3.50. The monoisotopic (exact) mass is 203 g/mol. The smallest absolute Gasteiger partial charge is 0.208 e. The lowest BCUT2D eigenvalue weighted by Crippen LogP contribution is -2.38. The van der Waals surface area contributed by atoms with Gasteiger partial charge in [-0.05, 0) is 18.8 Å². The van der Waals surface area contributed by atoms with E-state index in [9.17, 15) is 8.42 Å². The third-order valence-electron chi connectivity index (χ3n) is 2.63. The lowest BCUT2D eigenvalue weighted by atomic mass is 9.97. The molecule has 1 atom stereocenters. The van der Waals surface area contributed by atoms with Crippen LogP contribution < -0.4 is 0 Å². The predicted octanol–water partition coefficient (Wildman–Crippen LogP) is 1.58. The van der Waals surface area contributed by atoms with Crippen molar-refractivity contribution >= 4 is 10.0 Å². The van der Waals surface area contributed by atoms with E-state index >= 15 is 0 Å². The minimum atomic E-state index is -3.17. The summed E-state index contributed by atoms with van der Waals surface area (Å²) >= 11 is 0. The molecule has 1 saturated heterocycles. The molecule has 0 aromatic rings. The minimum absolute atomic E-state index is 0.531. The third kappa shape index (κ3) is 2.54. The summed E-state index contributed by atoms with van der Waals surface area (Å²) in [4.78, 5) is 0. The van der Waals surface area contributed by atoms with E-state index in [1.54, 1.807) is 0 Å². The van der Waals surface area contributed by atoms with Crippen molar-refractivity contribution in [2.75, 3.05) is 13.1 Å². The second-order valence-electron chi connectivity index (χ2n) is 3.49. The fourth-order valence-corrected chi connectivity index (χ4v) is 2.71. The zero-order valence-corrected chi connectivity index (χ0v) is 8.89. The fraction of sp³-hybridized carbons (Fsp3) is 0.778. The highest BCUT2D eigenvalue weighted by Crippen LogP contribution is 2.21. The maximum absolute atomic E-state index is 11.4. The summed E-state index contributed by atoms with van der Waals surface area (Å²) in [6.07, 6.45) is 3.19. The highest BCUT2D eigenvalue weighted by molar-refractivity contribution is 7.92. The van der Waals surface area contributed by atoms with Crippen LogP contribution in [0.15, 0.2) is 12.0 Å². The first-order valence-electron chi connectivity index (χ1n) is 4.72. The molecule has 0 aliphatic carbocycles. The second-order valence-corrected chi connectivity index (χ2v) is 5.37. The van der Waals surface area contributed by atoms with Gasteiger partial charge in [-0.15, -0.1) is 0 Å². The van der Waals surface area contributed by atoms with Gasteiger partial charge in [0.15, 0.2) is 0 Å². The van der Waals surface area contributed by atoms with Gasteiger partial charge in [-0.2, -0.15) is 4.31 Å². The van der Waals surface area contributed by atoms with E-state index in [0.29, 0.717) is 19.0 Å². The van der Waals surface area contributed by atoms with E-state index < -0.39 is 10.0 Å². The van der Waals surface area contributed by atoms with Crippen molar-refractivity contribution in [2.45, 2.75) is 26.2 Å². The number of sulfonamides is 1. The van der Waals surface area contributed by atoms with Crippen LogP contribution in [0.5, 0.6) is 0 Å². The van der Waals surface area contributed by atoms with Gasteiger partial charge in [-0.1, -0.05) is 19.9 Å². The van der Waals surface area contributed by atoms with E-state index in [4.69, 9.17) is 0 Å². The van der Waals surface area contributed by atoms with Crippen molar-refractivity contribution in [3.63, 3.8) is 0 Å². The summed E-state index contributed by atoms with van der Waals surface area (Å²) in [5.41, 5.74) is 0. The molecule has 0 spiro atoms. The minimum Gasteiger partial charge on any atom is -0.208 e. The highest BCUT2D eigenvalue weighted by atomic mass is 32.2. The zero-order valence-electron chi connectivity index (χ0n) is 8.07. The third-order valence-corrected chi connectivity index (χ3v) is 4.10. The molecule has 0 radical (unpaired) electrons. The van der Waals surface area contributed by atoms with Crippen LogP contribution in [0, 0.1) is 5.92 Å². The Bertz CT molecular complexity index is 271. The Labute approximate surface area is 80.5 Å². The normalized spacial score (nSPS) is 25.8. The standard InChI is InChI=1S/C9H17NO2S/c1-3-9-6-5-7-10(8-9)13(11,12)4-2/h4,9H,2-3,5-8H2,1H3. The largest absolute Gasteiger partial charge is 0.235 e. The average Bonchev–Trinajstić information content (AvgIpc) is 2.18. The van der Waals surface area contributed by atoms with Crippen molar-refractivity contribution in [3.8, 4) is 0 Å². The zero-order chi connectivity index (χ0) is 9.90. The molecule has 4 heteroatoms. The molecule has 13 heavy (non-hydrogen) atoms. The molecule has 1 unspecified atom stereocenters. The molecule has 0 amide bonds. The Morgan fingerprint density at radius 2 is 2.31 bits per heavy atom. The summed E-state index contributed by atoms with van der Waals surface area (Å²) in [5, 5.41) is 1.05. The first kappa shape index (κ1) is 10.7. The van der Waals surface area contributed by atoms with Gasteiger partial charge < -0.3 is 0 Å².